The van der Waals surface area contributed by atoms with E-state index in [2.05, 4.69) is 0 Å². The molecule has 0 saturated heterocycles. The Morgan fingerprint density at radius 1 is 1.31 bits per heavy atom. The van der Waals surface area contributed by atoms with Gasteiger partial charge < -0.3 is 15.3 Å². The van der Waals surface area contributed by atoms with E-state index in [9.17, 15) is 15.0 Å². The van der Waals surface area contributed by atoms with Crippen LogP contribution in [-0.4, -0.2) is 33.5 Å². The van der Waals surface area contributed by atoms with Crippen molar-refractivity contribution in [2.75, 3.05) is 0 Å². The molecule has 0 spiro atoms. The zero-order chi connectivity index (χ0) is 12.3. The van der Waals surface area contributed by atoms with Crippen LogP contribution in [0.2, 0.25) is 0 Å². The highest BCUT2D eigenvalue weighted by atomic mass is 16.4. The molecule has 0 radical (unpaired) electrons. The second-order valence-electron chi connectivity index (χ2n) is 4.00. The summed E-state index contributed by atoms with van der Waals surface area (Å²) in [5.74, 6) is -1.88. The Kier molecular flexibility index (Phi) is 4.04. The van der Waals surface area contributed by atoms with Gasteiger partial charge in [0.25, 0.3) is 0 Å². The summed E-state index contributed by atoms with van der Waals surface area (Å²) in [6.07, 6.45) is 3.96. The Labute approximate surface area is 94.2 Å². The quantitative estimate of drug-likeness (QED) is 0.664. The second kappa shape index (κ2) is 5.09. The summed E-state index contributed by atoms with van der Waals surface area (Å²) in [7, 11) is 0. The first-order valence-electron chi connectivity index (χ1n) is 5.06. The van der Waals surface area contributed by atoms with E-state index in [1.54, 1.807) is 12.2 Å². The van der Waals surface area contributed by atoms with Gasteiger partial charge in [-0.05, 0) is 19.4 Å². The lowest BCUT2D eigenvalue weighted by Gasteiger charge is -2.25. The molecule has 88 valence electrons. The van der Waals surface area contributed by atoms with Crippen LogP contribution in [0.1, 0.15) is 13.8 Å². The summed E-state index contributed by atoms with van der Waals surface area (Å²) in [4.78, 5) is 10.6. The molecular formula is C12H16O4. The Morgan fingerprint density at radius 3 is 2.44 bits per heavy atom. The molecular weight excluding hydrogens is 208 g/mol. The van der Waals surface area contributed by atoms with Gasteiger partial charge >= 0.3 is 5.97 Å². The van der Waals surface area contributed by atoms with Gasteiger partial charge in [-0.3, -0.25) is 0 Å². The van der Waals surface area contributed by atoms with E-state index in [1.807, 2.05) is 26.0 Å². The molecule has 1 aliphatic carbocycles. The summed E-state index contributed by atoms with van der Waals surface area (Å²) in [6, 6.07) is 0. The molecule has 3 atom stereocenters. The van der Waals surface area contributed by atoms with E-state index in [1.165, 1.54) is 0 Å². The number of aliphatic hydroxyl groups excluding tert-OH is 2. The van der Waals surface area contributed by atoms with Crippen molar-refractivity contribution in [1.82, 2.24) is 0 Å². The zero-order valence-corrected chi connectivity index (χ0v) is 9.29. The Morgan fingerprint density at radius 2 is 1.94 bits per heavy atom. The summed E-state index contributed by atoms with van der Waals surface area (Å²) < 4.78 is 0. The van der Waals surface area contributed by atoms with Crippen molar-refractivity contribution in [3.05, 3.63) is 35.5 Å². The molecule has 0 amide bonds. The SMILES string of the molecule is CC(C)=C1C=CC=CC1C(O)C(O)C(=O)O. The second-order valence-corrected chi connectivity index (χ2v) is 4.00. The van der Waals surface area contributed by atoms with Gasteiger partial charge in [0.05, 0.1) is 0 Å². The predicted molar refractivity (Wildman–Crippen MR) is 59.8 cm³/mol. The first-order valence-corrected chi connectivity index (χ1v) is 5.06. The number of rotatable bonds is 3. The highest BCUT2D eigenvalue weighted by Gasteiger charge is 2.32. The summed E-state index contributed by atoms with van der Waals surface area (Å²) >= 11 is 0. The van der Waals surface area contributed by atoms with Crippen LogP contribution in [0.4, 0.5) is 0 Å². The van der Waals surface area contributed by atoms with Gasteiger partial charge in [0.1, 0.15) is 6.10 Å². The fourth-order valence-corrected chi connectivity index (χ4v) is 1.70. The van der Waals surface area contributed by atoms with Gasteiger partial charge in [0, 0.05) is 5.92 Å². The maximum atomic E-state index is 10.6. The van der Waals surface area contributed by atoms with Crippen molar-refractivity contribution in [2.24, 2.45) is 5.92 Å². The molecule has 0 fully saturated rings. The molecule has 0 aromatic heterocycles. The molecule has 0 aromatic rings. The van der Waals surface area contributed by atoms with Gasteiger partial charge in [0.2, 0.25) is 0 Å². The predicted octanol–water partition coefficient (Wildman–Crippen LogP) is 0.871. The lowest BCUT2D eigenvalue weighted by atomic mass is 9.85. The minimum Gasteiger partial charge on any atom is -0.479 e. The molecule has 3 unspecified atom stereocenters. The fraction of sp³-hybridized carbons (Fsp3) is 0.417. The third-order valence-corrected chi connectivity index (χ3v) is 2.59. The van der Waals surface area contributed by atoms with Gasteiger partial charge in [-0.1, -0.05) is 29.9 Å². The van der Waals surface area contributed by atoms with Crippen molar-refractivity contribution in [2.45, 2.75) is 26.1 Å². The minimum atomic E-state index is -1.77. The average molecular weight is 224 g/mol. The molecule has 0 bridgehead atoms. The number of aliphatic hydroxyl groups is 2. The maximum absolute atomic E-state index is 10.6. The van der Waals surface area contributed by atoms with E-state index in [4.69, 9.17) is 5.11 Å². The van der Waals surface area contributed by atoms with E-state index in [0.717, 1.165) is 11.1 Å². The monoisotopic (exact) mass is 224 g/mol. The smallest absolute Gasteiger partial charge is 0.335 e. The topological polar surface area (TPSA) is 77.8 Å². The summed E-state index contributed by atoms with van der Waals surface area (Å²) in [6.45, 7) is 3.76. The highest BCUT2D eigenvalue weighted by molar-refractivity contribution is 5.73. The third kappa shape index (κ3) is 2.59. The minimum absolute atomic E-state index is 0.471. The first kappa shape index (κ1) is 12.7. The van der Waals surface area contributed by atoms with E-state index < -0.39 is 24.1 Å². The average Bonchev–Trinajstić information content (AvgIpc) is 2.26. The number of carboxylic acid groups (broad SMARTS) is 1. The van der Waals surface area contributed by atoms with Gasteiger partial charge in [-0.25, -0.2) is 4.79 Å². The molecule has 3 N–H and O–H groups in total. The van der Waals surface area contributed by atoms with Gasteiger partial charge in [0.15, 0.2) is 6.10 Å². The third-order valence-electron chi connectivity index (χ3n) is 2.59. The molecule has 1 rings (SSSR count). The van der Waals surface area contributed by atoms with Crippen LogP contribution < -0.4 is 0 Å². The molecule has 4 heteroatoms. The molecule has 0 saturated carbocycles. The van der Waals surface area contributed by atoms with Crippen LogP contribution >= 0.6 is 0 Å². The molecule has 4 nitrogen and oxygen atoms in total. The van der Waals surface area contributed by atoms with E-state index in [-0.39, 0.29) is 0 Å². The van der Waals surface area contributed by atoms with Crippen molar-refractivity contribution >= 4 is 5.97 Å². The van der Waals surface area contributed by atoms with E-state index >= 15 is 0 Å². The maximum Gasteiger partial charge on any atom is 0.335 e. The van der Waals surface area contributed by atoms with Crippen LogP contribution in [0.5, 0.6) is 0 Å². The normalized spacial score (nSPS) is 23.0. The molecule has 16 heavy (non-hydrogen) atoms. The molecule has 1 aliphatic rings. The van der Waals surface area contributed by atoms with Gasteiger partial charge in [-0.2, -0.15) is 0 Å². The Hall–Kier alpha value is -1.39. The lowest BCUT2D eigenvalue weighted by Crippen LogP contribution is -2.39. The molecule has 0 aromatic carbocycles. The number of carboxylic acids is 1. The van der Waals surface area contributed by atoms with Gasteiger partial charge in [-0.15, -0.1) is 0 Å². The number of hydrogen-bond acceptors (Lipinski definition) is 3. The molecule has 0 heterocycles. The Bertz CT molecular complexity index is 361. The van der Waals surface area contributed by atoms with E-state index in [0.29, 0.717) is 0 Å². The summed E-state index contributed by atoms with van der Waals surface area (Å²) in [5.41, 5.74) is 1.83. The highest BCUT2D eigenvalue weighted by Crippen LogP contribution is 2.26. The first-order chi connectivity index (χ1) is 7.45. The van der Waals surface area contributed by atoms with Crippen LogP contribution in [0.25, 0.3) is 0 Å². The summed E-state index contributed by atoms with van der Waals surface area (Å²) in [5, 5.41) is 27.7. The van der Waals surface area contributed by atoms with Crippen molar-refractivity contribution in [1.29, 1.82) is 0 Å². The lowest BCUT2D eigenvalue weighted by molar-refractivity contribution is -0.153. The standard InChI is InChI=1S/C12H16O4/c1-7(2)8-5-3-4-6-9(8)10(13)11(14)12(15)16/h3-6,9-11,13-14H,1-2H3,(H,15,16). The van der Waals surface area contributed by atoms with Crippen LogP contribution in [0.15, 0.2) is 35.5 Å². The number of aliphatic carboxylic acids is 1. The van der Waals surface area contributed by atoms with Crippen molar-refractivity contribution in [3.8, 4) is 0 Å². The zero-order valence-electron chi connectivity index (χ0n) is 9.29. The van der Waals surface area contributed by atoms with Crippen LogP contribution in [-0.2, 0) is 4.79 Å². The number of hydrogen-bond donors (Lipinski definition) is 3. The largest absolute Gasteiger partial charge is 0.479 e. The number of allylic oxidation sites excluding steroid dienone is 4. The molecule has 0 aliphatic heterocycles. The Balaban J connectivity index is 2.95. The number of carbonyl (C=O) groups is 1. The fourth-order valence-electron chi connectivity index (χ4n) is 1.70. The van der Waals surface area contributed by atoms with Crippen LogP contribution in [0.3, 0.4) is 0 Å². The van der Waals surface area contributed by atoms with Crippen molar-refractivity contribution in [3.63, 3.8) is 0 Å². The van der Waals surface area contributed by atoms with Crippen LogP contribution in [0, 0.1) is 5.92 Å². The van der Waals surface area contributed by atoms with Crippen molar-refractivity contribution < 1.29 is 20.1 Å².